The molecular formula is C21H24N3O+. The summed E-state index contributed by atoms with van der Waals surface area (Å²) in [6, 6.07) is 19.8. The summed E-state index contributed by atoms with van der Waals surface area (Å²) >= 11 is 0. The third-order valence-corrected chi connectivity index (χ3v) is 4.56. The first kappa shape index (κ1) is 17.0. The molecule has 0 aliphatic heterocycles. The van der Waals surface area contributed by atoms with Crippen LogP contribution in [0.1, 0.15) is 19.4 Å². The molecule has 0 saturated carbocycles. The number of rotatable bonds is 5. The molecule has 0 atom stereocenters. The van der Waals surface area contributed by atoms with Crippen LogP contribution < -0.4 is 9.44 Å². The van der Waals surface area contributed by atoms with Gasteiger partial charge in [0.05, 0.1) is 10.5 Å². The molecular weight excluding hydrogens is 310 g/mol. The number of hydrogen-bond acceptors (Lipinski definition) is 2. The molecule has 3 rings (SSSR count). The zero-order chi connectivity index (χ0) is 17.8. The minimum absolute atomic E-state index is 0.668. The molecule has 0 unspecified atom stereocenters. The van der Waals surface area contributed by atoms with Gasteiger partial charge in [0.15, 0.2) is 4.54 Å². The van der Waals surface area contributed by atoms with Gasteiger partial charge in [-0.1, -0.05) is 48.5 Å². The van der Waals surface area contributed by atoms with Crippen molar-refractivity contribution in [3.05, 3.63) is 71.1 Å². The topological polar surface area (TPSA) is 42.0 Å². The minimum Gasteiger partial charge on any atom is -0.366 e. The lowest BCUT2D eigenvalue weighted by Crippen LogP contribution is -2.32. The summed E-state index contributed by atoms with van der Waals surface area (Å²) in [5, 5.41) is 3.04. The average Bonchev–Trinajstić information content (AvgIpc) is 2.66. The maximum atomic E-state index is 13.0. The molecule has 0 bridgehead atoms. The van der Waals surface area contributed by atoms with E-state index in [0.29, 0.717) is 5.69 Å². The Balaban J connectivity index is 2.34. The monoisotopic (exact) mass is 334 g/mol. The lowest BCUT2D eigenvalue weighted by Gasteiger charge is -2.23. The summed E-state index contributed by atoms with van der Waals surface area (Å²) in [5.74, 6) is 0. The van der Waals surface area contributed by atoms with E-state index in [1.54, 1.807) is 0 Å². The number of H-pyrrole nitrogens is 1. The van der Waals surface area contributed by atoms with Crippen molar-refractivity contribution in [2.45, 2.75) is 20.8 Å². The van der Waals surface area contributed by atoms with E-state index in [2.05, 4.69) is 30.8 Å². The number of aromatic nitrogens is 2. The second kappa shape index (κ2) is 7.34. The molecule has 4 nitrogen and oxygen atoms in total. The summed E-state index contributed by atoms with van der Waals surface area (Å²) in [4.78, 5) is 15.2. The molecule has 0 radical (unpaired) electrons. The summed E-state index contributed by atoms with van der Waals surface area (Å²) in [7, 11) is 0. The highest BCUT2D eigenvalue weighted by atomic mass is 16.3. The number of hydrogen-bond donors (Lipinski definition) is 1. The molecule has 1 aromatic heterocycles. The van der Waals surface area contributed by atoms with Gasteiger partial charge >= 0.3 is 5.69 Å². The largest absolute Gasteiger partial charge is 0.366 e. The van der Waals surface area contributed by atoms with Gasteiger partial charge in [0.1, 0.15) is 11.4 Å². The van der Waals surface area contributed by atoms with E-state index in [0.717, 1.165) is 45.7 Å². The van der Waals surface area contributed by atoms with Crippen molar-refractivity contribution in [2.75, 3.05) is 18.0 Å². The van der Waals surface area contributed by atoms with Crippen molar-refractivity contribution < 1.29 is 4.54 Å². The van der Waals surface area contributed by atoms with Gasteiger partial charge in [-0.2, -0.15) is 0 Å². The summed E-state index contributed by atoms with van der Waals surface area (Å²) < 4.78 is 0.901. The van der Waals surface area contributed by atoms with Gasteiger partial charge in [0.2, 0.25) is 0 Å². The van der Waals surface area contributed by atoms with Crippen LogP contribution in [0.5, 0.6) is 0 Å². The van der Waals surface area contributed by atoms with Crippen LogP contribution in [0.2, 0.25) is 0 Å². The Labute approximate surface area is 148 Å². The van der Waals surface area contributed by atoms with Gasteiger partial charge in [0.25, 0.3) is 0 Å². The minimum atomic E-state index is 0.668. The maximum absolute atomic E-state index is 13.0. The molecule has 0 amide bonds. The third-order valence-electron chi connectivity index (χ3n) is 4.56. The van der Waals surface area contributed by atoms with Crippen molar-refractivity contribution in [1.82, 2.24) is 5.10 Å². The van der Waals surface area contributed by atoms with Crippen molar-refractivity contribution >= 4 is 5.69 Å². The summed E-state index contributed by atoms with van der Waals surface area (Å²) in [5.41, 5.74) is 5.53. The van der Waals surface area contributed by atoms with E-state index in [-0.39, 0.29) is 0 Å². The first-order chi connectivity index (χ1) is 12.2. The Morgan fingerprint density at radius 2 is 1.40 bits per heavy atom. The zero-order valence-corrected chi connectivity index (χ0v) is 15.0. The van der Waals surface area contributed by atoms with Crippen molar-refractivity contribution in [2.24, 2.45) is 0 Å². The molecule has 0 aliphatic rings. The molecule has 0 aliphatic carbocycles. The van der Waals surface area contributed by atoms with Crippen LogP contribution in [0.25, 0.3) is 22.5 Å². The number of benzene rings is 2. The maximum Gasteiger partial charge on any atom is 0.322 e. The normalized spacial score (nSPS) is 10.7. The number of anilines is 1. The Bertz CT molecular complexity index is 898. The fourth-order valence-corrected chi connectivity index (χ4v) is 3.30. The Hall–Kier alpha value is -2.88. The smallest absolute Gasteiger partial charge is 0.322 e. The van der Waals surface area contributed by atoms with Gasteiger partial charge in [-0.15, -0.1) is 5.10 Å². The van der Waals surface area contributed by atoms with Gasteiger partial charge < -0.3 is 4.90 Å². The van der Waals surface area contributed by atoms with E-state index < -0.39 is 0 Å². The standard InChI is InChI=1S/C21H24N3O/c1-4-23(5-2)20-16(3)19(17-12-8-6-9-13-17)22-24(25)21(20)18-14-10-7-11-15-18/h6-15H,4-5H2,1-3H3,(H,22,25)/q+1. The second-order valence-corrected chi connectivity index (χ2v) is 6.01. The van der Waals surface area contributed by atoms with Crippen molar-refractivity contribution in [3.63, 3.8) is 0 Å². The average molecular weight is 334 g/mol. The third kappa shape index (κ3) is 3.20. The van der Waals surface area contributed by atoms with Gasteiger partial charge in [-0.3, -0.25) is 0 Å². The Kier molecular flexibility index (Phi) is 4.98. The number of nitrogens with one attached hydrogen (secondary N) is 1. The van der Waals surface area contributed by atoms with E-state index in [9.17, 15) is 4.91 Å². The molecule has 0 saturated heterocycles. The summed E-state index contributed by atoms with van der Waals surface area (Å²) in [6.45, 7) is 8.00. The molecule has 1 heterocycles. The highest BCUT2D eigenvalue weighted by Gasteiger charge is 2.27. The Morgan fingerprint density at radius 1 is 0.880 bits per heavy atom. The summed E-state index contributed by atoms with van der Waals surface area (Å²) in [6.07, 6.45) is 0. The quantitative estimate of drug-likeness (QED) is 0.702. The fraction of sp³-hybridized carbons (Fsp3) is 0.238. The Morgan fingerprint density at radius 3 is 1.92 bits per heavy atom. The van der Waals surface area contributed by atoms with E-state index in [4.69, 9.17) is 0 Å². The first-order valence-corrected chi connectivity index (χ1v) is 8.72. The SMILES string of the molecule is CCN(CC)c1c(C)c(-c2ccccc2)[nH][n+](=O)c1-c1ccccc1. The van der Waals surface area contributed by atoms with Crippen LogP contribution >= 0.6 is 0 Å². The van der Waals surface area contributed by atoms with Crippen LogP contribution in [0.15, 0.2) is 60.7 Å². The molecule has 2 aromatic carbocycles. The van der Waals surface area contributed by atoms with Crippen LogP contribution in [0, 0.1) is 11.8 Å². The molecule has 0 spiro atoms. The van der Waals surface area contributed by atoms with Gasteiger partial charge in [-0.05, 0) is 32.9 Å². The number of nitrogens with zero attached hydrogens (tertiary/aromatic N) is 2. The van der Waals surface area contributed by atoms with Gasteiger partial charge in [0, 0.05) is 24.2 Å². The van der Waals surface area contributed by atoms with Gasteiger partial charge in [-0.25, -0.2) is 0 Å². The predicted octanol–water partition coefficient (Wildman–Crippen LogP) is 4.42. The van der Waals surface area contributed by atoms with E-state index >= 15 is 0 Å². The molecule has 0 fully saturated rings. The van der Waals surface area contributed by atoms with Crippen LogP contribution in [-0.4, -0.2) is 18.2 Å². The van der Waals surface area contributed by atoms with Crippen molar-refractivity contribution in [1.29, 1.82) is 0 Å². The van der Waals surface area contributed by atoms with Crippen LogP contribution in [-0.2, 0) is 0 Å². The fourth-order valence-electron chi connectivity index (χ4n) is 3.30. The van der Waals surface area contributed by atoms with Crippen LogP contribution in [0.3, 0.4) is 0 Å². The lowest BCUT2D eigenvalue weighted by atomic mass is 10.0. The zero-order valence-electron chi connectivity index (χ0n) is 15.0. The highest BCUT2D eigenvalue weighted by Crippen LogP contribution is 2.34. The van der Waals surface area contributed by atoms with Crippen molar-refractivity contribution in [3.8, 4) is 22.5 Å². The van der Waals surface area contributed by atoms with Crippen LogP contribution in [0.4, 0.5) is 5.69 Å². The molecule has 128 valence electrons. The molecule has 1 N–H and O–H groups in total. The molecule has 25 heavy (non-hydrogen) atoms. The lowest BCUT2D eigenvalue weighted by molar-refractivity contribution is -0.551. The first-order valence-electron chi connectivity index (χ1n) is 8.72. The molecule has 3 aromatic rings. The molecule has 4 heteroatoms. The second-order valence-electron chi connectivity index (χ2n) is 6.01. The number of aromatic amines is 1. The highest BCUT2D eigenvalue weighted by molar-refractivity contribution is 5.80. The predicted molar refractivity (Wildman–Crippen MR) is 103 cm³/mol. The van der Waals surface area contributed by atoms with E-state index in [1.807, 2.05) is 60.7 Å². The van der Waals surface area contributed by atoms with E-state index in [1.165, 1.54) is 0 Å².